The highest BCUT2D eigenvalue weighted by Gasteiger charge is 2.20. The lowest BCUT2D eigenvalue weighted by molar-refractivity contribution is -0.385. The van der Waals surface area contributed by atoms with E-state index in [0.29, 0.717) is 10.0 Å². The van der Waals surface area contributed by atoms with Gasteiger partial charge in [0.1, 0.15) is 4.47 Å². The van der Waals surface area contributed by atoms with Crippen molar-refractivity contribution >= 4 is 27.6 Å². The molecule has 1 aromatic carbocycles. The number of carbonyl (C=O) groups is 1. The van der Waals surface area contributed by atoms with Crippen LogP contribution in [-0.2, 0) is 13.1 Å². The summed E-state index contributed by atoms with van der Waals surface area (Å²) in [4.78, 5) is 21.4. The molecule has 0 atom stereocenters. The first-order valence-electron chi connectivity index (χ1n) is 5.73. The number of rotatable bonds is 5. The molecule has 3 N–H and O–H groups in total. The molecule has 0 spiro atoms. The van der Waals surface area contributed by atoms with Crippen LogP contribution in [0.15, 0.2) is 22.7 Å². The number of benzene rings is 1. The SMILES string of the molecule is NCc1c(C(=O)O)nnn1Cc1cccc([N+](=O)[O-])c1Br. The second-order valence-corrected chi connectivity index (χ2v) is 4.85. The van der Waals surface area contributed by atoms with Gasteiger partial charge >= 0.3 is 5.97 Å². The molecule has 9 nitrogen and oxygen atoms in total. The van der Waals surface area contributed by atoms with Gasteiger partial charge < -0.3 is 10.8 Å². The van der Waals surface area contributed by atoms with Crippen LogP contribution < -0.4 is 5.73 Å². The molecular formula is C11H10BrN5O4. The molecule has 1 aromatic heterocycles. The van der Waals surface area contributed by atoms with E-state index in [-0.39, 0.29) is 30.2 Å². The first-order chi connectivity index (χ1) is 9.95. The molecule has 2 rings (SSSR count). The van der Waals surface area contributed by atoms with Crippen molar-refractivity contribution in [2.24, 2.45) is 5.73 Å². The topological polar surface area (TPSA) is 137 Å². The third-order valence-electron chi connectivity index (χ3n) is 2.81. The second kappa shape index (κ2) is 5.97. The van der Waals surface area contributed by atoms with Gasteiger partial charge in [-0.25, -0.2) is 9.48 Å². The number of aromatic carboxylic acids is 1. The fourth-order valence-electron chi connectivity index (χ4n) is 1.82. The third-order valence-corrected chi connectivity index (χ3v) is 3.72. The minimum Gasteiger partial charge on any atom is -0.476 e. The number of nitro groups is 1. The average Bonchev–Trinajstić information content (AvgIpc) is 2.83. The van der Waals surface area contributed by atoms with Gasteiger partial charge in [-0.1, -0.05) is 17.3 Å². The highest BCUT2D eigenvalue weighted by Crippen LogP contribution is 2.28. The van der Waals surface area contributed by atoms with E-state index in [1.807, 2.05) is 0 Å². The summed E-state index contributed by atoms with van der Waals surface area (Å²) in [6.45, 7) is 0.0657. The highest BCUT2D eigenvalue weighted by atomic mass is 79.9. The minimum absolute atomic E-state index is 0.0544. The van der Waals surface area contributed by atoms with Gasteiger partial charge in [-0.2, -0.15) is 0 Å². The van der Waals surface area contributed by atoms with Crippen molar-refractivity contribution in [3.63, 3.8) is 0 Å². The van der Waals surface area contributed by atoms with Crippen molar-refractivity contribution in [2.45, 2.75) is 13.1 Å². The van der Waals surface area contributed by atoms with Crippen LogP contribution in [0.5, 0.6) is 0 Å². The Kier molecular flexibility index (Phi) is 4.29. The van der Waals surface area contributed by atoms with Gasteiger partial charge in [0.05, 0.1) is 17.2 Å². The van der Waals surface area contributed by atoms with Crippen LogP contribution >= 0.6 is 15.9 Å². The Balaban J connectivity index is 2.42. The lowest BCUT2D eigenvalue weighted by atomic mass is 10.2. The van der Waals surface area contributed by atoms with Gasteiger partial charge in [0.2, 0.25) is 0 Å². The maximum atomic E-state index is 11.0. The molecule has 0 bridgehead atoms. The first kappa shape index (κ1) is 15.1. The van der Waals surface area contributed by atoms with E-state index < -0.39 is 10.9 Å². The smallest absolute Gasteiger partial charge is 0.358 e. The fourth-order valence-corrected chi connectivity index (χ4v) is 2.35. The minimum atomic E-state index is -1.22. The molecule has 0 unspecified atom stereocenters. The lowest BCUT2D eigenvalue weighted by Crippen LogP contribution is -2.13. The van der Waals surface area contributed by atoms with Gasteiger partial charge in [-0.3, -0.25) is 10.1 Å². The molecule has 0 saturated carbocycles. The van der Waals surface area contributed by atoms with E-state index in [1.165, 1.54) is 16.8 Å². The van der Waals surface area contributed by atoms with Crippen LogP contribution in [-0.4, -0.2) is 31.0 Å². The van der Waals surface area contributed by atoms with E-state index in [0.717, 1.165) is 0 Å². The number of nitrogens with two attached hydrogens (primary N) is 1. The zero-order valence-electron chi connectivity index (χ0n) is 10.6. The number of hydrogen-bond donors (Lipinski definition) is 2. The average molecular weight is 356 g/mol. The summed E-state index contributed by atoms with van der Waals surface area (Å²) >= 11 is 3.17. The van der Waals surface area contributed by atoms with Crippen LogP contribution in [0.2, 0.25) is 0 Å². The highest BCUT2D eigenvalue weighted by molar-refractivity contribution is 9.10. The number of nitro benzene ring substituents is 1. The monoisotopic (exact) mass is 355 g/mol. The molecule has 0 amide bonds. The summed E-state index contributed by atoms with van der Waals surface area (Å²) in [7, 11) is 0. The molecule has 0 saturated heterocycles. The predicted octanol–water partition coefficient (Wildman–Crippen LogP) is 1.15. The van der Waals surface area contributed by atoms with Crippen LogP contribution in [0.25, 0.3) is 0 Å². The second-order valence-electron chi connectivity index (χ2n) is 4.06. The van der Waals surface area contributed by atoms with Crippen molar-refractivity contribution in [2.75, 3.05) is 0 Å². The van der Waals surface area contributed by atoms with Crippen molar-refractivity contribution < 1.29 is 14.8 Å². The Hall–Kier alpha value is -2.33. The zero-order valence-corrected chi connectivity index (χ0v) is 12.1. The quantitative estimate of drug-likeness (QED) is 0.605. The molecule has 10 heteroatoms. The molecule has 0 radical (unpaired) electrons. The molecular weight excluding hydrogens is 346 g/mol. The predicted molar refractivity (Wildman–Crippen MR) is 74.8 cm³/mol. The van der Waals surface area contributed by atoms with Gasteiger partial charge in [-0.05, 0) is 21.5 Å². The Morgan fingerprint density at radius 1 is 1.52 bits per heavy atom. The maximum absolute atomic E-state index is 11.0. The third kappa shape index (κ3) is 2.90. The van der Waals surface area contributed by atoms with Gasteiger partial charge in [0, 0.05) is 12.6 Å². The summed E-state index contributed by atoms with van der Waals surface area (Å²) in [6.07, 6.45) is 0. The fraction of sp³-hybridized carbons (Fsp3) is 0.182. The van der Waals surface area contributed by atoms with Crippen LogP contribution in [0, 0.1) is 10.1 Å². The number of carboxylic acid groups (broad SMARTS) is 1. The molecule has 1 heterocycles. The molecule has 110 valence electrons. The number of aromatic nitrogens is 3. The van der Waals surface area contributed by atoms with E-state index in [2.05, 4.69) is 26.2 Å². The van der Waals surface area contributed by atoms with Crippen molar-refractivity contribution in [3.8, 4) is 0 Å². The molecule has 21 heavy (non-hydrogen) atoms. The van der Waals surface area contributed by atoms with Gasteiger partial charge in [0.25, 0.3) is 5.69 Å². The van der Waals surface area contributed by atoms with Gasteiger partial charge in [0.15, 0.2) is 5.69 Å². The molecule has 0 fully saturated rings. The van der Waals surface area contributed by atoms with Crippen LogP contribution in [0.4, 0.5) is 5.69 Å². The Morgan fingerprint density at radius 3 is 2.81 bits per heavy atom. The summed E-state index contributed by atoms with van der Waals surface area (Å²) in [5, 5.41) is 27.2. The van der Waals surface area contributed by atoms with E-state index in [9.17, 15) is 14.9 Å². The molecule has 0 aliphatic carbocycles. The summed E-state index contributed by atoms with van der Waals surface area (Å²) in [5.74, 6) is -1.22. The summed E-state index contributed by atoms with van der Waals surface area (Å²) in [6, 6.07) is 4.57. The number of hydrogen-bond acceptors (Lipinski definition) is 6. The Morgan fingerprint density at radius 2 is 2.24 bits per heavy atom. The van der Waals surface area contributed by atoms with Crippen molar-refractivity contribution in [1.82, 2.24) is 15.0 Å². The van der Waals surface area contributed by atoms with E-state index >= 15 is 0 Å². The molecule has 0 aliphatic heterocycles. The number of halogens is 1. The molecule has 2 aromatic rings. The zero-order chi connectivity index (χ0) is 15.6. The maximum Gasteiger partial charge on any atom is 0.358 e. The standard InChI is InChI=1S/C11H10BrN5O4/c12-9-6(2-1-3-7(9)17(20)21)5-16-8(4-13)10(11(18)19)14-15-16/h1-3H,4-5,13H2,(H,18,19). The van der Waals surface area contributed by atoms with Crippen molar-refractivity contribution in [3.05, 3.63) is 49.7 Å². The van der Waals surface area contributed by atoms with E-state index in [4.69, 9.17) is 10.8 Å². The van der Waals surface area contributed by atoms with Crippen molar-refractivity contribution in [1.29, 1.82) is 0 Å². The number of carboxylic acids is 1. The molecule has 0 aliphatic rings. The summed E-state index contributed by atoms with van der Waals surface area (Å²) < 4.78 is 1.62. The van der Waals surface area contributed by atoms with E-state index in [1.54, 1.807) is 6.07 Å². The van der Waals surface area contributed by atoms with Gasteiger partial charge in [-0.15, -0.1) is 5.10 Å². The Labute approximate surface area is 126 Å². The number of nitrogens with zero attached hydrogens (tertiary/aromatic N) is 4. The largest absolute Gasteiger partial charge is 0.476 e. The summed E-state index contributed by atoms with van der Waals surface area (Å²) in [5.41, 5.74) is 6.03. The Bertz CT molecular complexity index is 715. The normalized spacial score (nSPS) is 10.6. The van der Waals surface area contributed by atoms with Crippen LogP contribution in [0.3, 0.4) is 0 Å². The first-order valence-corrected chi connectivity index (χ1v) is 6.52. The lowest BCUT2D eigenvalue weighted by Gasteiger charge is -2.07. The van der Waals surface area contributed by atoms with Crippen LogP contribution in [0.1, 0.15) is 21.7 Å².